The fraction of sp³-hybridized carbons (Fsp3) is 0.176. The molecule has 0 bridgehead atoms. The van der Waals surface area contributed by atoms with Gasteiger partial charge in [-0.1, -0.05) is 36.1 Å². The molecular formula is C17H16FNO. The van der Waals surface area contributed by atoms with Gasteiger partial charge in [0.05, 0.1) is 6.54 Å². The molecule has 0 aromatic heterocycles. The first-order valence-electron chi connectivity index (χ1n) is 6.36. The Bertz CT molecular complexity index is 656. The molecule has 2 nitrogen and oxygen atoms in total. The van der Waals surface area contributed by atoms with Gasteiger partial charge >= 0.3 is 0 Å². The number of nitrogens with two attached hydrogens (primary N) is 1. The van der Waals surface area contributed by atoms with E-state index >= 15 is 0 Å². The van der Waals surface area contributed by atoms with E-state index in [9.17, 15) is 4.39 Å². The standard InChI is InChI=1S/C17H16FNO/c1-13-8-9-16(18)11-17(13)20-12-15-6-3-2-5-14(15)7-4-10-19/h2-3,5-6,8-9,11H,10,12,19H2,1H3. The summed E-state index contributed by atoms with van der Waals surface area (Å²) in [6, 6.07) is 12.2. The lowest BCUT2D eigenvalue weighted by atomic mass is 10.1. The third-order valence-electron chi connectivity index (χ3n) is 2.88. The highest BCUT2D eigenvalue weighted by Crippen LogP contribution is 2.20. The summed E-state index contributed by atoms with van der Waals surface area (Å²) in [6.45, 7) is 2.55. The van der Waals surface area contributed by atoms with Crippen molar-refractivity contribution in [2.45, 2.75) is 13.5 Å². The molecule has 0 unspecified atom stereocenters. The maximum atomic E-state index is 13.2. The number of halogens is 1. The topological polar surface area (TPSA) is 35.2 Å². The second-order valence-electron chi connectivity index (χ2n) is 4.36. The van der Waals surface area contributed by atoms with Gasteiger partial charge in [0.2, 0.25) is 0 Å². The molecule has 2 aromatic carbocycles. The molecule has 2 N–H and O–H groups in total. The van der Waals surface area contributed by atoms with Gasteiger partial charge in [-0.25, -0.2) is 4.39 Å². The van der Waals surface area contributed by atoms with Crippen LogP contribution < -0.4 is 10.5 Å². The van der Waals surface area contributed by atoms with Gasteiger partial charge in [0.25, 0.3) is 0 Å². The summed E-state index contributed by atoms with van der Waals surface area (Å²) < 4.78 is 18.9. The van der Waals surface area contributed by atoms with Gasteiger partial charge in [0.15, 0.2) is 0 Å². The van der Waals surface area contributed by atoms with Gasteiger partial charge in [0, 0.05) is 17.2 Å². The molecule has 0 saturated heterocycles. The van der Waals surface area contributed by atoms with Crippen molar-refractivity contribution in [3.63, 3.8) is 0 Å². The Kier molecular flexibility index (Phi) is 4.75. The first-order chi connectivity index (χ1) is 9.70. The summed E-state index contributed by atoms with van der Waals surface area (Å²) in [6.07, 6.45) is 0. The van der Waals surface area contributed by atoms with Crippen LogP contribution in [0.2, 0.25) is 0 Å². The van der Waals surface area contributed by atoms with Crippen molar-refractivity contribution in [3.8, 4) is 17.6 Å². The van der Waals surface area contributed by atoms with Crippen molar-refractivity contribution >= 4 is 0 Å². The van der Waals surface area contributed by atoms with E-state index in [1.54, 1.807) is 6.07 Å². The lowest BCUT2D eigenvalue weighted by Crippen LogP contribution is -2.00. The van der Waals surface area contributed by atoms with Gasteiger partial charge in [0.1, 0.15) is 18.2 Å². The molecule has 0 spiro atoms. The molecule has 2 aromatic rings. The maximum Gasteiger partial charge on any atom is 0.126 e. The van der Waals surface area contributed by atoms with E-state index in [-0.39, 0.29) is 5.82 Å². The molecule has 0 saturated carbocycles. The van der Waals surface area contributed by atoms with Crippen LogP contribution in [0.25, 0.3) is 0 Å². The third-order valence-corrected chi connectivity index (χ3v) is 2.88. The minimum absolute atomic E-state index is 0.304. The first-order valence-corrected chi connectivity index (χ1v) is 6.36. The number of aryl methyl sites for hydroxylation is 1. The maximum absolute atomic E-state index is 13.2. The fourth-order valence-electron chi connectivity index (χ4n) is 1.80. The van der Waals surface area contributed by atoms with E-state index in [4.69, 9.17) is 10.5 Å². The molecule has 0 fully saturated rings. The van der Waals surface area contributed by atoms with E-state index in [1.807, 2.05) is 31.2 Å². The number of hydrogen-bond acceptors (Lipinski definition) is 2. The Labute approximate surface area is 118 Å². The second kappa shape index (κ2) is 6.74. The molecule has 0 aliphatic carbocycles. The zero-order chi connectivity index (χ0) is 14.4. The van der Waals surface area contributed by atoms with Gasteiger partial charge in [-0.2, -0.15) is 0 Å². The summed E-state index contributed by atoms with van der Waals surface area (Å²) in [5.74, 6) is 6.08. The Morgan fingerprint density at radius 3 is 2.80 bits per heavy atom. The molecule has 0 atom stereocenters. The summed E-state index contributed by atoms with van der Waals surface area (Å²) in [5.41, 5.74) is 8.12. The number of rotatable bonds is 3. The van der Waals surface area contributed by atoms with E-state index in [0.717, 1.165) is 16.7 Å². The normalized spacial score (nSPS) is 9.75. The predicted octanol–water partition coefficient (Wildman–Crippen LogP) is 3.02. The molecule has 2 rings (SSSR count). The zero-order valence-electron chi connectivity index (χ0n) is 11.3. The first kappa shape index (κ1) is 14.1. The molecule has 102 valence electrons. The van der Waals surface area contributed by atoms with Crippen LogP contribution in [-0.4, -0.2) is 6.54 Å². The van der Waals surface area contributed by atoms with E-state index in [1.165, 1.54) is 12.1 Å². The zero-order valence-corrected chi connectivity index (χ0v) is 11.3. The largest absolute Gasteiger partial charge is 0.488 e. The summed E-state index contributed by atoms with van der Waals surface area (Å²) in [5, 5.41) is 0. The Morgan fingerprint density at radius 2 is 2.00 bits per heavy atom. The van der Waals surface area contributed by atoms with Gasteiger partial charge < -0.3 is 10.5 Å². The SMILES string of the molecule is Cc1ccc(F)cc1OCc1ccccc1C#CCN. The quantitative estimate of drug-likeness (QED) is 0.869. The van der Waals surface area contributed by atoms with E-state index in [2.05, 4.69) is 11.8 Å². The molecule has 0 radical (unpaired) electrons. The summed E-state index contributed by atoms with van der Waals surface area (Å²) >= 11 is 0. The van der Waals surface area contributed by atoms with Crippen LogP contribution in [0.4, 0.5) is 4.39 Å². The van der Waals surface area contributed by atoms with Crippen LogP contribution in [0.15, 0.2) is 42.5 Å². The van der Waals surface area contributed by atoms with Crippen molar-refractivity contribution in [2.24, 2.45) is 5.73 Å². The average molecular weight is 269 g/mol. The molecule has 20 heavy (non-hydrogen) atoms. The van der Waals surface area contributed by atoms with Gasteiger partial charge in [-0.05, 0) is 24.6 Å². The Morgan fingerprint density at radius 1 is 1.20 bits per heavy atom. The highest BCUT2D eigenvalue weighted by Gasteiger charge is 2.04. The Hall–Kier alpha value is -2.31. The molecular weight excluding hydrogens is 253 g/mol. The van der Waals surface area contributed by atoms with Crippen molar-refractivity contribution in [1.82, 2.24) is 0 Å². The summed E-state index contributed by atoms with van der Waals surface area (Å²) in [4.78, 5) is 0. The monoisotopic (exact) mass is 269 g/mol. The van der Waals surface area contributed by atoms with E-state index < -0.39 is 0 Å². The lowest BCUT2D eigenvalue weighted by molar-refractivity contribution is 0.302. The molecule has 0 amide bonds. The van der Waals surface area contributed by atoms with Crippen molar-refractivity contribution < 1.29 is 9.13 Å². The minimum atomic E-state index is -0.304. The number of hydrogen-bond donors (Lipinski definition) is 1. The van der Waals surface area contributed by atoms with Crippen LogP contribution in [-0.2, 0) is 6.61 Å². The molecule has 0 heterocycles. The van der Waals surface area contributed by atoms with Crippen molar-refractivity contribution in [3.05, 3.63) is 65.0 Å². The number of benzene rings is 2. The van der Waals surface area contributed by atoms with Crippen LogP contribution in [0.5, 0.6) is 5.75 Å². The smallest absolute Gasteiger partial charge is 0.126 e. The second-order valence-corrected chi connectivity index (χ2v) is 4.36. The van der Waals surface area contributed by atoms with Crippen LogP contribution in [0.3, 0.4) is 0 Å². The predicted molar refractivity (Wildman–Crippen MR) is 77.8 cm³/mol. The molecule has 0 aliphatic heterocycles. The van der Waals surface area contributed by atoms with Crippen molar-refractivity contribution in [2.75, 3.05) is 6.54 Å². The lowest BCUT2D eigenvalue weighted by Gasteiger charge is -2.10. The van der Waals surface area contributed by atoms with Crippen LogP contribution >= 0.6 is 0 Å². The number of ether oxygens (including phenoxy) is 1. The average Bonchev–Trinajstić information content (AvgIpc) is 2.47. The summed E-state index contributed by atoms with van der Waals surface area (Å²) in [7, 11) is 0. The highest BCUT2D eigenvalue weighted by atomic mass is 19.1. The molecule has 3 heteroatoms. The van der Waals surface area contributed by atoms with Gasteiger partial charge in [-0.3, -0.25) is 0 Å². The van der Waals surface area contributed by atoms with Crippen LogP contribution in [0.1, 0.15) is 16.7 Å². The van der Waals surface area contributed by atoms with Crippen LogP contribution in [0, 0.1) is 24.6 Å². The Balaban J connectivity index is 2.17. The van der Waals surface area contributed by atoms with Gasteiger partial charge in [-0.15, -0.1) is 0 Å². The third kappa shape index (κ3) is 3.59. The minimum Gasteiger partial charge on any atom is -0.488 e. The van der Waals surface area contributed by atoms with Crippen molar-refractivity contribution in [1.29, 1.82) is 0 Å². The van der Waals surface area contributed by atoms with E-state index in [0.29, 0.717) is 18.9 Å². The molecule has 0 aliphatic rings. The fourth-order valence-corrected chi connectivity index (χ4v) is 1.80. The highest BCUT2D eigenvalue weighted by molar-refractivity contribution is 5.41.